The van der Waals surface area contributed by atoms with Crippen LogP contribution in [-0.4, -0.2) is 51.8 Å². The van der Waals surface area contributed by atoms with Crippen LogP contribution < -0.4 is 0 Å². The standard InChI is InChI=1S/C13H17N3O2/c17-9-12-10-18-6-5-15(12)7-11-8-16-4-2-1-3-13(16)14-11/h1-4,8,12,17H,5-7,9-10H2. The zero-order valence-corrected chi connectivity index (χ0v) is 10.2. The second kappa shape index (κ2) is 5.06. The predicted octanol–water partition coefficient (Wildman–Crippen LogP) is 0.527. The van der Waals surface area contributed by atoms with E-state index in [1.165, 1.54) is 0 Å². The van der Waals surface area contributed by atoms with Gasteiger partial charge in [0.1, 0.15) is 5.65 Å². The number of hydrogen-bond donors (Lipinski definition) is 1. The normalized spacial score (nSPS) is 21.5. The molecular formula is C13H17N3O2. The van der Waals surface area contributed by atoms with Crippen molar-refractivity contribution >= 4 is 5.65 Å². The summed E-state index contributed by atoms with van der Waals surface area (Å²) in [5.41, 5.74) is 1.99. The highest BCUT2D eigenvalue weighted by molar-refractivity contribution is 5.39. The Kier molecular flexibility index (Phi) is 3.27. The highest BCUT2D eigenvalue weighted by atomic mass is 16.5. The number of rotatable bonds is 3. The predicted molar refractivity (Wildman–Crippen MR) is 67.3 cm³/mol. The minimum atomic E-state index is 0.0866. The molecule has 3 rings (SSSR count). The first-order valence-electron chi connectivity index (χ1n) is 6.22. The van der Waals surface area contributed by atoms with Crippen molar-refractivity contribution in [1.29, 1.82) is 0 Å². The lowest BCUT2D eigenvalue weighted by atomic mass is 10.2. The Morgan fingerprint density at radius 1 is 1.44 bits per heavy atom. The van der Waals surface area contributed by atoms with Gasteiger partial charge in [0.25, 0.3) is 0 Å². The summed E-state index contributed by atoms with van der Waals surface area (Å²) in [5, 5.41) is 9.33. The molecule has 0 bridgehead atoms. The number of ether oxygens (including phenoxy) is 1. The van der Waals surface area contributed by atoms with Gasteiger partial charge in [-0.2, -0.15) is 0 Å². The minimum Gasteiger partial charge on any atom is -0.395 e. The quantitative estimate of drug-likeness (QED) is 0.859. The Hall–Kier alpha value is -1.43. The monoisotopic (exact) mass is 247 g/mol. The number of aromatic nitrogens is 2. The van der Waals surface area contributed by atoms with Crippen molar-refractivity contribution < 1.29 is 9.84 Å². The van der Waals surface area contributed by atoms with Gasteiger partial charge in [0.2, 0.25) is 0 Å². The van der Waals surface area contributed by atoms with Crippen molar-refractivity contribution in [2.75, 3.05) is 26.4 Å². The van der Waals surface area contributed by atoms with Gasteiger partial charge in [-0.25, -0.2) is 4.98 Å². The number of imidazole rings is 1. The molecule has 0 radical (unpaired) electrons. The van der Waals surface area contributed by atoms with Gasteiger partial charge in [0, 0.05) is 25.5 Å². The molecule has 0 spiro atoms. The van der Waals surface area contributed by atoms with Gasteiger partial charge >= 0.3 is 0 Å². The van der Waals surface area contributed by atoms with Crippen LogP contribution in [0.25, 0.3) is 5.65 Å². The highest BCUT2D eigenvalue weighted by Crippen LogP contribution is 2.12. The third-order valence-electron chi connectivity index (χ3n) is 3.34. The molecule has 1 atom stereocenters. The van der Waals surface area contributed by atoms with Gasteiger partial charge in [0.15, 0.2) is 0 Å². The van der Waals surface area contributed by atoms with Crippen LogP contribution in [0.5, 0.6) is 0 Å². The summed E-state index contributed by atoms with van der Waals surface area (Å²) in [6.45, 7) is 3.07. The fraction of sp³-hybridized carbons (Fsp3) is 0.462. The van der Waals surface area contributed by atoms with E-state index in [1.54, 1.807) is 0 Å². The van der Waals surface area contributed by atoms with Gasteiger partial charge in [-0.1, -0.05) is 6.07 Å². The van der Waals surface area contributed by atoms with Crippen molar-refractivity contribution in [3.05, 3.63) is 36.3 Å². The molecule has 96 valence electrons. The highest BCUT2D eigenvalue weighted by Gasteiger charge is 2.22. The molecule has 2 aromatic heterocycles. The van der Waals surface area contributed by atoms with Crippen LogP contribution in [0, 0.1) is 0 Å². The maximum Gasteiger partial charge on any atom is 0.137 e. The SMILES string of the molecule is OCC1COCCN1Cc1cn2ccccc2n1. The van der Waals surface area contributed by atoms with E-state index < -0.39 is 0 Å². The molecule has 1 aliphatic rings. The average molecular weight is 247 g/mol. The van der Waals surface area contributed by atoms with Gasteiger partial charge in [-0.15, -0.1) is 0 Å². The molecule has 1 unspecified atom stereocenters. The molecule has 1 aliphatic heterocycles. The Morgan fingerprint density at radius 2 is 2.39 bits per heavy atom. The minimum absolute atomic E-state index is 0.0866. The summed E-state index contributed by atoms with van der Waals surface area (Å²) in [4.78, 5) is 6.80. The van der Waals surface area contributed by atoms with Gasteiger partial charge in [0.05, 0.1) is 31.6 Å². The number of pyridine rings is 1. The fourth-order valence-corrected chi connectivity index (χ4v) is 2.34. The van der Waals surface area contributed by atoms with E-state index in [0.717, 1.165) is 31.0 Å². The van der Waals surface area contributed by atoms with Gasteiger partial charge < -0.3 is 14.2 Å². The van der Waals surface area contributed by atoms with E-state index in [-0.39, 0.29) is 12.6 Å². The molecule has 0 aliphatic carbocycles. The van der Waals surface area contributed by atoms with Crippen LogP contribution in [0.15, 0.2) is 30.6 Å². The number of hydrogen-bond acceptors (Lipinski definition) is 4. The topological polar surface area (TPSA) is 50.0 Å². The van der Waals surface area contributed by atoms with E-state index in [4.69, 9.17) is 4.74 Å². The van der Waals surface area contributed by atoms with E-state index in [0.29, 0.717) is 6.61 Å². The lowest BCUT2D eigenvalue weighted by Crippen LogP contribution is -2.46. The number of morpholine rings is 1. The first kappa shape index (κ1) is 11.6. The molecule has 1 fully saturated rings. The van der Waals surface area contributed by atoms with Crippen LogP contribution >= 0.6 is 0 Å². The molecular weight excluding hydrogens is 230 g/mol. The summed E-state index contributed by atoms with van der Waals surface area (Å²) in [6.07, 6.45) is 4.04. The van der Waals surface area contributed by atoms with Crippen molar-refractivity contribution in [2.24, 2.45) is 0 Å². The van der Waals surface area contributed by atoms with Crippen molar-refractivity contribution in [3.63, 3.8) is 0 Å². The Balaban J connectivity index is 1.78. The van der Waals surface area contributed by atoms with E-state index in [2.05, 4.69) is 9.88 Å². The Bertz CT molecular complexity index is 493. The van der Waals surface area contributed by atoms with Crippen LogP contribution in [0.2, 0.25) is 0 Å². The number of fused-ring (bicyclic) bond motifs is 1. The third-order valence-corrected chi connectivity index (χ3v) is 3.34. The number of aliphatic hydroxyl groups is 1. The Morgan fingerprint density at radius 3 is 3.22 bits per heavy atom. The maximum absolute atomic E-state index is 9.33. The van der Waals surface area contributed by atoms with Crippen molar-refractivity contribution in [3.8, 4) is 0 Å². The van der Waals surface area contributed by atoms with E-state index in [1.807, 2.05) is 35.0 Å². The molecule has 5 heteroatoms. The molecule has 5 nitrogen and oxygen atoms in total. The number of aliphatic hydroxyl groups excluding tert-OH is 1. The summed E-state index contributed by atoms with van der Waals surface area (Å²) in [7, 11) is 0. The van der Waals surface area contributed by atoms with Crippen LogP contribution in [0.3, 0.4) is 0 Å². The lowest BCUT2D eigenvalue weighted by Gasteiger charge is -2.33. The van der Waals surface area contributed by atoms with Crippen molar-refractivity contribution in [1.82, 2.24) is 14.3 Å². The zero-order valence-electron chi connectivity index (χ0n) is 10.2. The third kappa shape index (κ3) is 2.25. The van der Waals surface area contributed by atoms with Crippen LogP contribution in [0.4, 0.5) is 0 Å². The Labute approximate surface area is 106 Å². The summed E-state index contributed by atoms with van der Waals surface area (Å²) in [5.74, 6) is 0. The van der Waals surface area contributed by atoms with E-state index >= 15 is 0 Å². The zero-order chi connectivity index (χ0) is 12.4. The molecule has 18 heavy (non-hydrogen) atoms. The smallest absolute Gasteiger partial charge is 0.137 e. The van der Waals surface area contributed by atoms with Crippen molar-refractivity contribution in [2.45, 2.75) is 12.6 Å². The second-order valence-corrected chi connectivity index (χ2v) is 4.58. The summed E-state index contributed by atoms with van der Waals surface area (Å²) in [6, 6.07) is 6.05. The molecule has 2 aromatic rings. The first-order chi connectivity index (χ1) is 8.86. The van der Waals surface area contributed by atoms with Crippen LogP contribution in [-0.2, 0) is 11.3 Å². The summed E-state index contributed by atoms with van der Waals surface area (Å²) < 4.78 is 7.39. The number of nitrogens with zero attached hydrogens (tertiary/aromatic N) is 3. The summed E-state index contributed by atoms with van der Waals surface area (Å²) >= 11 is 0. The fourth-order valence-electron chi connectivity index (χ4n) is 2.34. The lowest BCUT2D eigenvalue weighted by molar-refractivity contribution is -0.0316. The van der Waals surface area contributed by atoms with E-state index in [9.17, 15) is 5.11 Å². The molecule has 0 amide bonds. The molecule has 0 saturated carbocycles. The maximum atomic E-state index is 9.33. The van der Waals surface area contributed by atoms with Crippen LogP contribution in [0.1, 0.15) is 5.69 Å². The first-order valence-corrected chi connectivity index (χ1v) is 6.22. The molecule has 3 heterocycles. The largest absolute Gasteiger partial charge is 0.395 e. The second-order valence-electron chi connectivity index (χ2n) is 4.58. The van der Waals surface area contributed by atoms with Gasteiger partial charge in [-0.3, -0.25) is 4.90 Å². The molecule has 1 N–H and O–H groups in total. The van der Waals surface area contributed by atoms with Gasteiger partial charge in [-0.05, 0) is 12.1 Å². The average Bonchev–Trinajstić information content (AvgIpc) is 2.81. The molecule has 0 aromatic carbocycles. The molecule has 1 saturated heterocycles.